The zero-order valence-electron chi connectivity index (χ0n) is 15.8. The standard InChI is InChI=1S/C19H31N3O3/c1-5-6-14-11-21(9-8-17(23)24)13-16(14)20-18(25)15-7-10-22(12-15)19(2,3)4/h7,10,12,14,16H,5-6,8-9,11,13H2,1-4H3,(H,20,25)(H,23,24)/t14-,16-/m0/s1. The van der Waals surface area contributed by atoms with Crippen LogP contribution in [0.5, 0.6) is 0 Å². The molecule has 2 atom stereocenters. The SMILES string of the molecule is CCC[C@H]1CN(CCC(=O)O)C[C@@H]1NC(=O)c1ccn(C(C)(C)C)c1. The predicted molar refractivity (Wildman–Crippen MR) is 97.8 cm³/mol. The van der Waals surface area contributed by atoms with E-state index in [9.17, 15) is 9.59 Å². The molecule has 2 N–H and O–H groups in total. The summed E-state index contributed by atoms with van der Waals surface area (Å²) in [5.41, 5.74) is 0.624. The average molecular weight is 349 g/mol. The average Bonchev–Trinajstić information content (AvgIpc) is 3.13. The molecular formula is C19H31N3O3. The van der Waals surface area contributed by atoms with Crippen molar-refractivity contribution in [1.82, 2.24) is 14.8 Å². The van der Waals surface area contributed by atoms with Gasteiger partial charge in [-0.1, -0.05) is 13.3 Å². The number of hydrogen-bond donors (Lipinski definition) is 2. The van der Waals surface area contributed by atoms with Crippen molar-refractivity contribution < 1.29 is 14.7 Å². The monoisotopic (exact) mass is 349 g/mol. The summed E-state index contributed by atoms with van der Waals surface area (Å²) in [6.45, 7) is 10.6. The zero-order valence-corrected chi connectivity index (χ0v) is 15.8. The third kappa shape index (κ3) is 5.33. The van der Waals surface area contributed by atoms with Crippen LogP contribution in [-0.4, -0.2) is 52.1 Å². The molecule has 6 heteroatoms. The Kier molecular flexibility index (Phi) is 6.27. The van der Waals surface area contributed by atoms with E-state index in [0.29, 0.717) is 18.0 Å². The van der Waals surface area contributed by atoms with Gasteiger partial charge in [0.25, 0.3) is 5.91 Å². The van der Waals surface area contributed by atoms with Crippen LogP contribution >= 0.6 is 0 Å². The zero-order chi connectivity index (χ0) is 18.6. The highest BCUT2D eigenvalue weighted by Crippen LogP contribution is 2.23. The Morgan fingerprint density at radius 3 is 2.60 bits per heavy atom. The highest BCUT2D eigenvalue weighted by molar-refractivity contribution is 5.94. The molecule has 1 aliphatic rings. The van der Waals surface area contributed by atoms with Crippen LogP contribution in [0.25, 0.3) is 0 Å². The molecule has 0 aliphatic carbocycles. The maximum atomic E-state index is 12.6. The minimum absolute atomic E-state index is 0.0470. The normalized spacial score (nSPS) is 21.4. The van der Waals surface area contributed by atoms with Crippen molar-refractivity contribution in [3.8, 4) is 0 Å². The lowest BCUT2D eigenvalue weighted by Gasteiger charge is -2.21. The van der Waals surface area contributed by atoms with E-state index in [4.69, 9.17) is 5.11 Å². The fourth-order valence-corrected chi connectivity index (χ4v) is 3.42. The van der Waals surface area contributed by atoms with Gasteiger partial charge >= 0.3 is 5.97 Å². The van der Waals surface area contributed by atoms with Crippen molar-refractivity contribution in [1.29, 1.82) is 0 Å². The van der Waals surface area contributed by atoms with Crippen LogP contribution in [0.2, 0.25) is 0 Å². The summed E-state index contributed by atoms with van der Waals surface area (Å²) in [5.74, 6) is -0.440. The number of aliphatic carboxylic acids is 1. The Bertz CT molecular complexity index is 603. The van der Waals surface area contributed by atoms with Gasteiger partial charge in [0.1, 0.15) is 0 Å². The number of rotatable bonds is 7. The number of hydrogen-bond acceptors (Lipinski definition) is 3. The Morgan fingerprint density at radius 2 is 2.04 bits per heavy atom. The van der Waals surface area contributed by atoms with Gasteiger partial charge in [0.2, 0.25) is 0 Å². The summed E-state index contributed by atoms with van der Waals surface area (Å²) in [4.78, 5) is 25.6. The van der Waals surface area contributed by atoms with Crippen molar-refractivity contribution in [3.05, 3.63) is 24.0 Å². The van der Waals surface area contributed by atoms with Crippen molar-refractivity contribution in [3.63, 3.8) is 0 Å². The summed E-state index contributed by atoms with van der Waals surface area (Å²) in [6.07, 6.45) is 6.07. The lowest BCUT2D eigenvalue weighted by Crippen LogP contribution is -2.40. The van der Waals surface area contributed by atoms with Crippen LogP contribution in [0, 0.1) is 5.92 Å². The maximum Gasteiger partial charge on any atom is 0.304 e. The quantitative estimate of drug-likeness (QED) is 0.793. The Labute approximate surface area is 150 Å². The van der Waals surface area contributed by atoms with E-state index in [0.717, 1.165) is 25.9 Å². The Balaban J connectivity index is 1.99. The number of carbonyl (C=O) groups excluding carboxylic acids is 1. The van der Waals surface area contributed by atoms with Crippen LogP contribution in [0.3, 0.4) is 0 Å². The van der Waals surface area contributed by atoms with Crippen LogP contribution in [0.1, 0.15) is 57.3 Å². The third-order valence-corrected chi connectivity index (χ3v) is 4.86. The van der Waals surface area contributed by atoms with E-state index in [2.05, 4.69) is 37.9 Å². The first-order valence-electron chi connectivity index (χ1n) is 9.14. The minimum atomic E-state index is -0.775. The van der Waals surface area contributed by atoms with Gasteiger partial charge in [-0.2, -0.15) is 0 Å². The Morgan fingerprint density at radius 1 is 1.32 bits per heavy atom. The smallest absolute Gasteiger partial charge is 0.304 e. The second-order valence-corrected chi connectivity index (χ2v) is 8.01. The van der Waals surface area contributed by atoms with Crippen molar-refractivity contribution >= 4 is 11.9 Å². The fraction of sp³-hybridized carbons (Fsp3) is 0.684. The van der Waals surface area contributed by atoms with Crippen molar-refractivity contribution in [2.45, 2.75) is 58.5 Å². The van der Waals surface area contributed by atoms with Crippen LogP contribution in [0.15, 0.2) is 18.5 Å². The molecule has 0 radical (unpaired) electrons. The molecule has 2 rings (SSSR count). The third-order valence-electron chi connectivity index (χ3n) is 4.86. The van der Waals surface area contributed by atoms with E-state index in [1.54, 1.807) is 0 Å². The topological polar surface area (TPSA) is 74.6 Å². The van der Waals surface area contributed by atoms with Gasteiger partial charge in [0, 0.05) is 43.6 Å². The molecule has 1 amide bonds. The lowest BCUT2D eigenvalue weighted by atomic mass is 9.98. The Hall–Kier alpha value is -1.82. The number of carbonyl (C=O) groups is 2. The first kappa shape index (κ1) is 19.5. The molecule has 25 heavy (non-hydrogen) atoms. The highest BCUT2D eigenvalue weighted by atomic mass is 16.4. The fourth-order valence-electron chi connectivity index (χ4n) is 3.42. The number of aromatic nitrogens is 1. The molecule has 2 heterocycles. The second-order valence-electron chi connectivity index (χ2n) is 8.01. The molecule has 1 aromatic rings. The lowest BCUT2D eigenvalue weighted by molar-refractivity contribution is -0.137. The molecule has 6 nitrogen and oxygen atoms in total. The largest absolute Gasteiger partial charge is 0.481 e. The van der Waals surface area contributed by atoms with Crippen LogP contribution in [-0.2, 0) is 10.3 Å². The summed E-state index contributed by atoms with van der Waals surface area (Å²) >= 11 is 0. The molecule has 0 saturated carbocycles. The number of nitrogens with zero attached hydrogens (tertiary/aromatic N) is 2. The first-order valence-corrected chi connectivity index (χ1v) is 9.14. The number of carboxylic acid groups (broad SMARTS) is 1. The summed E-state index contributed by atoms with van der Waals surface area (Å²) in [6, 6.07) is 1.94. The number of likely N-dealkylation sites (tertiary alicyclic amines) is 1. The molecule has 0 unspecified atom stereocenters. The molecule has 0 bridgehead atoms. The van der Waals surface area contributed by atoms with Gasteiger partial charge in [-0.3, -0.25) is 9.59 Å². The van der Waals surface area contributed by atoms with E-state index in [1.165, 1.54) is 0 Å². The van der Waals surface area contributed by atoms with Crippen molar-refractivity contribution in [2.75, 3.05) is 19.6 Å². The van der Waals surface area contributed by atoms with Gasteiger partial charge in [-0.15, -0.1) is 0 Å². The maximum absolute atomic E-state index is 12.6. The second kappa shape index (κ2) is 8.04. The molecule has 0 aromatic carbocycles. The summed E-state index contributed by atoms with van der Waals surface area (Å²) in [5, 5.41) is 12.0. The molecule has 140 valence electrons. The van der Waals surface area contributed by atoms with Crippen molar-refractivity contribution in [2.24, 2.45) is 5.92 Å². The predicted octanol–water partition coefficient (Wildman–Crippen LogP) is 2.55. The van der Waals surface area contributed by atoms with E-state index in [-0.39, 0.29) is 23.9 Å². The van der Waals surface area contributed by atoms with Gasteiger partial charge in [0.15, 0.2) is 0 Å². The molecule has 1 saturated heterocycles. The number of carboxylic acids is 1. The van der Waals surface area contributed by atoms with Gasteiger partial charge in [-0.25, -0.2) is 0 Å². The molecular weight excluding hydrogens is 318 g/mol. The molecule has 1 fully saturated rings. The van der Waals surface area contributed by atoms with E-state index in [1.807, 2.05) is 23.0 Å². The van der Waals surface area contributed by atoms with E-state index >= 15 is 0 Å². The van der Waals surface area contributed by atoms with Gasteiger partial charge < -0.3 is 19.9 Å². The van der Waals surface area contributed by atoms with Crippen LogP contribution in [0.4, 0.5) is 0 Å². The highest BCUT2D eigenvalue weighted by Gasteiger charge is 2.33. The van der Waals surface area contributed by atoms with Gasteiger partial charge in [-0.05, 0) is 39.2 Å². The van der Waals surface area contributed by atoms with E-state index < -0.39 is 5.97 Å². The molecule has 1 aliphatic heterocycles. The van der Waals surface area contributed by atoms with Gasteiger partial charge in [0.05, 0.1) is 12.0 Å². The summed E-state index contributed by atoms with van der Waals surface area (Å²) < 4.78 is 2.04. The molecule has 0 spiro atoms. The minimum Gasteiger partial charge on any atom is -0.481 e. The number of amides is 1. The first-order chi connectivity index (χ1) is 11.7. The summed E-state index contributed by atoms with van der Waals surface area (Å²) in [7, 11) is 0. The van der Waals surface area contributed by atoms with Crippen LogP contribution < -0.4 is 5.32 Å². The number of nitrogens with one attached hydrogen (secondary N) is 1. The molecule has 1 aromatic heterocycles.